The summed E-state index contributed by atoms with van der Waals surface area (Å²) in [5.41, 5.74) is 0. The lowest BCUT2D eigenvalue weighted by Crippen LogP contribution is -2.42. The number of hydrogen-bond acceptors (Lipinski definition) is 4. The zero-order valence-electron chi connectivity index (χ0n) is 14.4. The maximum absolute atomic E-state index is 12.5. The Balaban J connectivity index is 1.38. The first-order valence-corrected chi connectivity index (χ1v) is 9.30. The first-order valence-electron chi connectivity index (χ1n) is 8.92. The van der Waals surface area contributed by atoms with Crippen molar-refractivity contribution in [2.24, 2.45) is 11.8 Å². The van der Waals surface area contributed by atoms with Crippen LogP contribution in [0.15, 0.2) is 43.0 Å². The molecule has 26 heavy (non-hydrogen) atoms. The van der Waals surface area contributed by atoms with Crippen LogP contribution in [0.25, 0.3) is 0 Å². The van der Waals surface area contributed by atoms with Gasteiger partial charge in [0.15, 0.2) is 0 Å². The molecular weight excluding hydrogens is 354 g/mol. The number of imidazole rings is 1. The van der Waals surface area contributed by atoms with Crippen molar-refractivity contribution < 1.29 is 14.6 Å². The molecule has 2 aromatic rings. The Morgan fingerprint density at radius 1 is 1.31 bits per heavy atom. The predicted molar refractivity (Wildman–Crippen MR) is 96.9 cm³/mol. The zero-order valence-corrected chi connectivity index (χ0v) is 15.1. The third-order valence-electron chi connectivity index (χ3n) is 5.40. The monoisotopic (exact) mass is 375 g/mol. The molecule has 1 aromatic heterocycles. The SMILES string of the molecule is O=C(Cn1ccnc1)N1C[C@H]2C[C@@H](Oc3cccc(Cl)c3)[C@H](O)C[C@H]2C1. The molecule has 1 aromatic carbocycles. The fourth-order valence-corrected chi connectivity index (χ4v) is 4.25. The molecule has 1 amide bonds. The molecule has 7 heteroatoms. The Morgan fingerprint density at radius 3 is 2.85 bits per heavy atom. The smallest absolute Gasteiger partial charge is 0.242 e. The lowest BCUT2D eigenvalue weighted by molar-refractivity contribution is -0.131. The number of aliphatic hydroxyl groups is 1. The van der Waals surface area contributed by atoms with E-state index in [1.54, 1.807) is 35.4 Å². The van der Waals surface area contributed by atoms with Crippen LogP contribution in [0.3, 0.4) is 0 Å². The van der Waals surface area contributed by atoms with Gasteiger partial charge in [-0.05, 0) is 42.9 Å². The molecule has 1 saturated carbocycles. The molecule has 0 radical (unpaired) electrons. The minimum Gasteiger partial charge on any atom is -0.488 e. The van der Waals surface area contributed by atoms with Crippen LogP contribution in [-0.4, -0.2) is 50.8 Å². The van der Waals surface area contributed by atoms with Crippen molar-refractivity contribution in [3.63, 3.8) is 0 Å². The quantitative estimate of drug-likeness (QED) is 0.889. The van der Waals surface area contributed by atoms with Gasteiger partial charge in [-0.15, -0.1) is 0 Å². The van der Waals surface area contributed by atoms with E-state index in [-0.39, 0.29) is 12.0 Å². The summed E-state index contributed by atoms with van der Waals surface area (Å²) in [6, 6.07) is 7.24. The topological polar surface area (TPSA) is 67.6 Å². The molecule has 2 fully saturated rings. The minimum absolute atomic E-state index is 0.0965. The normalized spacial score (nSPS) is 28.0. The number of aliphatic hydroxyl groups excluding tert-OH is 1. The molecular formula is C19H22ClN3O3. The van der Waals surface area contributed by atoms with Crippen LogP contribution in [-0.2, 0) is 11.3 Å². The van der Waals surface area contributed by atoms with E-state index in [1.807, 2.05) is 17.0 Å². The number of benzene rings is 1. The molecule has 0 unspecified atom stereocenters. The summed E-state index contributed by atoms with van der Waals surface area (Å²) in [4.78, 5) is 18.4. The van der Waals surface area contributed by atoms with Crippen LogP contribution in [0.5, 0.6) is 5.75 Å². The van der Waals surface area contributed by atoms with Gasteiger partial charge in [0.1, 0.15) is 18.4 Å². The van der Waals surface area contributed by atoms with Crippen molar-refractivity contribution in [2.45, 2.75) is 31.6 Å². The zero-order chi connectivity index (χ0) is 18.1. The highest BCUT2D eigenvalue weighted by molar-refractivity contribution is 6.30. The van der Waals surface area contributed by atoms with E-state index in [0.717, 1.165) is 13.0 Å². The molecule has 2 aliphatic rings. The fourth-order valence-electron chi connectivity index (χ4n) is 4.07. The second-order valence-electron chi connectivity index (χ2n) is 7.21. The lowest BCUT2D eigenvalue weighted by atomic mass is 9.78. The van der Waals surface area contributed by atoms with Gasteiger partial charge in [-0.1, -0.05) is 17.7 Å². The van der Waals surface area contributed by atoms with E-state index >= 15 is 0 Å². The highest BCUT2D eigenvalue weighted by Crippen LogP contribution is 2.38. The van der Waals surface area contributed by atoms with Crippen molar-refractivity contribution in [3.05, 3.63) is 48.0 Å². The number of halogens is 1. The second-order valence-corrected chi connectivity index (χ2v) is 7.64. The van der Waals surface area contributed by atoms with Gasteiger partial charge < -0.3 is 19.3 Å². The number of nitrogens with zero attached hydrogens (tertiary/aromatic N) is 3. The highest BCUT2D eigenvalue weighted by Gasteiger charge is 2.43. The van der Waals surface area contributed by atoms with Crippen molar-refractivity contribution in [3.8, 4) is 5.75 Å². The summed E-state index contributed by atoms with van der Waals surface area (Å²) < 4.78 is 7.77. The number of aromatic nitrogens is 2. The standard InChI is InChI=1S/C19H22ClN3O3/c20-15-2-1-3-16(8-15)26-18-7-14-10-23(9-13(14)6-17(18)24)19(25)11-22-5-4-21-12-22/h1-5,8,12-14,17-18,24H,6-7,9-11H2/t13-,14+,17+,18+/m0/s1. The molecule has 1 aliphatic carbocycles. The number of ether oxygens (including phenoxy) is 1. The van der Waals surface area contributed by atoms with E-state index in [1.165, 1.54) is 0 Å². The largest absolute Gasteiger partial charge is 0.488 e. The van der Waals surface area contributed by atoms with Gasteiger partial charge in [-0.3, -0.25) is 4.79 Å². The summed E-state index contributed by atoms with van der Waals surface area (Å²) >= 11 is 6.01. The summed E-state index contributed by atoms with van der Waals surface area (Å²) in [5, 5.41) is 11.1. The molecule has 138 valence electrons. The average Bonchev–Trinajstić information content (AvgIpc) is 3.24. The van der Waals surface area contributed by atoms with Crippen LogP contribution in [0.4, 0.5) is 0 Å². The summed E-state index contributed by atoms with van der Waals surface area (Å²) in [5.74, 6) is 1.45. The Bertz CT molecular complexity index is 767. The van der Waals surface area contributed by atoms with E-state index in [2.05, 4.69) is 4.98 Å². The maximum Gasteiger partial charge on any atom is 0.242 e. The maximum atomic E-state index is 12.5. The molecule has 1 saturated heterocycles. The fraction of sp³-hybridized carbons (Fsp3) is 0.474. The van der Waals surface area contributed by atoms with Gasteiger partial charge in [0.25, 0.3) is 0 Å². The second kappa shape index (κ2) is 7.29. The molecule has 2 heterocycles. The molecule has 1 aliphatic heterocycles. The average molecular weight is 376 g/mol. The molecule has 0 spiro atoms. The van der Waals surface area contributed by atoms with E-state index < -0.39 is 6.10 Å². The Kier molecular flexibility index (Phi) is 4.87. The lowest BCUT2D eigenvalue weighted by Gasteiger charge is -2.35. The van der Waals surface area contributed by atoms with E-state index in [0.29, 0.717) is 42.1 Å². The third-order valence-corrected chi connectivity index (χ3v) is 5.63. The third kappa shape index (κ3) is 3.71. The summed E-state index contributed by atoms with van der Waals surface area (Å²) in [6.07, 6.45) is 5.72. The molecule has 4 atom stereocenters. The number of fused-ring (bicyclic) bond motifs is 1. The van der Waals surface area contributed by atoms with Gasteiger partial charge in [-0.2, -0.15) is 0 Å². The number of likely N-dealkylation sites (tertiary alicyclic amines) is 1. The summed E-state index contributed by atoms with van der Waals surface area (Å²) in [6.45, 7) is 1.74. The predicted octanol–water partition coefficient (Wildman–Crippen LogP) is 2.21. The van der Waals surface area contributed by atoms with Gasteiger partial charge in [-0.25, -0.2) is 4.98 Å². The first-order chi connectivity index (χ1) is 12.6. The number of carbonyl (C=O) groups excluding carboxylic acids is 1. The number of carbonyl (C=O) groups is 1. The number of hydrogen-bond donors (Lipinski definition) is 1. The van der Waals surface area contributed by atoms with Gasteiger partial charge in [0, 0.05) is 30.5 Å². The Hall–Kier alpha value is -2.05. The van der Waals surface area contributed by atoms with Crippen LogP contribution in [0.2, 0.25) is 5.02 Å². The minimum atomic E-state index is -0.529. The van der Waals surface area contributed by atoms with Gasteiger partial charge >= 0.3 is 0 Å². The molecule has 6 nitrogen and oxygen atoms in total. The van der Waals surface area contributed by atoms with Crippen LogP contribution in [0.1, 0.15) is 12.8 Å². The Morgan fingerprint density at radius 2 is 2.12 bits per heavy atom. The van der Waals surface area contributed by atoms with Crippen LogP contribution < -0.4 is 4.74 Å². The molecule has 1 N–H and O–H groups in total. The van der Waals surface area contributed by atoms with Crippen molar-refractivity contribution in [1.29, 1.82) is 0 Å². The van der Waals surface area contributed by atoms with Gasteiger partial charge in [0.2, 0.25) is 5.91 Å². The summed E-state index contributed by atoms with van der Waals surface area (Å²) in [7, 11) is 0. The van der Waals surface area contributed by atoms with Crippen molar-refractivity contribution >= 4 is 17.5 Å². The van der Waals surface area contributed by atoms with Crippen LogP contribution >= 0.6 is 11.6 Å². The molecule has 4 rings (SSSR count). The van der Waals surface area contributed by atoms with E-state index in [4.69, 9.17) is 16.3 Å². The molecule has 0 bridgehead atoms. The van der Waals surface area contributed by atoms with Crippen molar-refractivity contribution in [2.75, 3.05) is 13.1 Å². The highest BCUT2D eigenvalue weighted by atomic mass is 35.5. The van der Waals surface area contributed by atoms with Crippen LogP contribution in [0, 0.1) is 11.8 Å². The number of amides is 1. The van der Waals surface area contributed by atoms with E-state index in [9.17, 15) is 9.90 Å². The van der Waals surface area contributed by atoms with Crippen molar-refractivity contribution in [1.82, 2.24) is 14.5 Å². The Labute approximate surface area is 157 Å². The number of rotatable bonds is 4. The first kappa shape index (κ1) is 17.4. The van der Waals surface area contributed by atoms with Gasteiger partial charge in [0.05, 0.1) is 12.4 Å².